The Labute approximate surface area is 154 Å². The first-order valence-corrected chi connectivity index (χ1v) is 9.21. The molecule has 3 heterocycles. The van der Waals surface area contributed by atoms with E-state index in [1.54, 1.807) is 5.38 Å². The summed E-state index contributed by atoms with van der Waals surface area (Å²) in [4.78, 5) is 28.0. The third kappa shape index (κ3) is 4.42. The van der Waals surface area contributed by atoms with Gasteiger partial charge in [0.1, 0.15) is 5.82 Å². The number of nitrogens with one attached hydrogen (secondary N) is 2. The highest BCUT2D eigenvalue weighted by atomic mass is 32.1. The fourth-order valence-electron chi connectivity index (χ4n) is 2.30. The zero-order valence-electron chi connectivity index (χ0n) is 14.6. The van der Waals surface area contributed by atoms with E-state index in [4.69, 9.17) is 0 Å². The molecule has 3 aromatic rings. The van der Waals surface area contributed by atoms with Crippen LogP contribution >= 0.6 is 11.3 Å². The van der Waals surface area contributed by atoms with E-state index in [0.29, 0.717) is 23.8 Å². The van der Waals surface area contributed by atoms with Crippen molar-refractivity contribution in [3.8, 4) is 0 Å². The van der Waals surface area contributed by atoms with Crippen LogP contribution < -0.4 is 10.6 Å². The monoisotopic (exact) mass is 372 g/mol. The van der Waals surface area contributed by atoms with Crippen molar-refractivity contribution in [2.24, 2.45) is 5.92 Å². The number of carbonyl (C=O) groups is 2. The molecule has 0 aromatic carbocycles. The van der Waals surface area contributed by atoms with Crippen LogP contribution in [0.25, 0.3) is 5.65 Å². The Morgan fingerprint density at radius 1 is 1.27 bits per heavy atom. The Morgan fingerprint density at radius 3 is 2.92 bits per heavy atom. The van der Waals surface area contributed by atoms with Crippen LogP contribution in [0.2, 0.25) is 0 Å². The zero-order valence-corrected chi connectivity index (χ0v) is 15.4. The molecular formula is C17H20N6O2S. The largest absolute Gasteiger partial charge is 0.355 e. The highest BCUT2D eigenvalue weighted by Gasteiger charge is 2.12. The minimum atomic E-state index is -0.120. The third-order valence-electron chi connectivity index (χ3n) is 3.70. The first kappa shape index (κ1) is 18.0. The van der Waals surface area contributed by atoms with E-state index in [9.17, 15) is 9.59 Å². The smallest absolute Gasteiger partial charge is 0.228 e. The maximum absolute atomic E-state index is 12.1. The molecule has 3 aromatic heterocycles. The van der Waals surface area contributed by atoms with E-state index < -0.39 is 0 Å². The molecule has 0 bridgehead atoms. The quantitative estimate of drug-likeness (QED) is 0.657. The van der Waals surface area contributed by atoms with Crippen LogP contribution in [-0.4, -0.2) is 37.9 Å². The molecule has 2 N–H and O–H groups in total. The van der Waals surface area contributed by atoms with Crippen molar-refractivity contribution in [1.82, 2.24) is 24.9 Å². The van der Waals surface area contributed by atoms with E-state index in [2.05, 4.69) is 25.8 Å². The number of thiazole rings is 1. The SMILES string of the molecule is CC(C)C(=O)Nc1nc(CC(=O)NCCc2nnc3ccccn23)cs1. The number of nitrogens with zero attached hydrogens (tertiary/aromatic N) is 4. The fourth-order valence-corrected chi connectivity index (χ4v) is 3.01. The van der Waals surface area contributed by atoms with Gasteiger partial charge in [0.25, 0.3) is 0 Å². The Bertz CT molecular complexity index is 917. The second-order valence-corrected chi connectivity index (χ2v) is 6.97. The van der Waals surface area contributed by atoms with Crippen molar-refractivity contribution in [2.75, 3.05) is 11.9 Å². The minimum Gasteiger partial charge on any atom is -0.355 e. The lowest BCUT2D eigenvalue weighted by molar-refractivity contribution is -0.120. The summed E-state index contributed by atoms with van der Waals surface area (Å²) in [5.41, 5.74) is 1.42. The minimum absolute atomic E-state index is 0.0871. The van der Waals surface area contributed by atoms with E-state index in [0.717, 1.165) is 11.5 Å². The molecule has 136 valence electrons. The number of rotatable bonds is 7. The highest BCUT2D eigenvalue weighted by molar-refractivity contribution is 7.13. The summed E-state index contributed by atoms with van der Waals surface area (Å²) in [7, 11) is 0. The van der Waals surface area contributed by atoms with Gasteiger partial charge in [-0.3, -0.25) is 14.0 Å². The van der Waals surface area contributed by atoms with Gasteiger partial charge in [0, 0.05) is 30.5 Å². The van der Waals surface area contributed by atoms with Crippen LogP contribution in [0.3, 0.4) is 0 Å². The summed E-state index contributed by atoms with van der Waals surface area (Å²) < 4.78 is 1.90. The molecule has 0 radical (unpaired) electrons. The average Bonchev–Trinajstić information content (AvgIpc) is 3.22. The maximum atomic E-state index is 12.1. The first-order chi connectivity index (χ1) is 12.5. The van der Waals surface area contributed by atoms with Crippen molar-refractivity contribution in [1.29, 1.82) is 0 Å². The van der Waals surface area contributed by atoms with Gasteiger partial charge in [-0.25, -0.2) is 4.98 Å². The lowest BCUT2D eigenvalue weighted by atomic mass is 10.2. The summed E-state index contributed by atoms with van der Waals surface area (Å²) in [6.07, 6.45) is 2.66. The van der Waals surface area contributed by atoms with Crippen LogP contribution in [0.15, 0.2) is 29.8 Å². The number of hydrogen-bond acceptors (Lipinski definition) is 6. The Balaban J connectivity index is 1.47. The molecule has 3 rings (SSSR count). The van der Waals surface area contributed by atoms with Gasteiger partial charge in [-0.1, -0.05) is 19.9 Å². The van der Waals surface area contributed by atoms with Crippen LogP contribution in [0.4, 0.5) is 5.13 Å². The predicted octanol–water partition coefficient (Wildman–Crippen LogP) is 1.68. The number of amides is 2. The molecule has 0 unspecified atom stereocenters. The molecule has 8 nitrogen and oxygen atoms in total. The standard InChI is InChI=1S/C17H20N6O2S/c1-11(2)16(25)20-17-19-12(10-26-17)9-15(24)18-7-6-14-22-21-13-5-3-4-8-23(13)14/h3-5,8,10-11H,6-7,9H2,1-2H3,(H,18,24)(H,19,20,25). The molecule has 0 aliphatic heterocycles. The lowest BCUT2D eigenvalue weighted by Gasteiger charge is -2.04. The van der Waals surface area contributed by atoms with Gasteiger partial charge < -0.3 is 10.6 Å². The van der Waals surface area contributed by atoms with Crippen molar-refractivity contribution < 1.29 is 9.59 Å². The summed E-state index contributed by atoms with van der Waals surface area (Å²) in [5.74, 6) is 0.480. The lowest BCUT2D eigenvalue weighted by Crippen LogP contribution is -2.27. The van der Waals surface area contributed by atoms with Crippen molar-refractivity contribution >= 4 is 33.9 Å². The summed E-state index contributed by atoms with van der Waals surface area (Å²) in [5, 5.41) is 16.1. The Kier molecular flexibility index (Phi) is 5.57. The number of carbonyl (C=O) groups excluding carboxylic acids is 2. The topological polar surface area (TPSA) is 101 Å². The number of anilines is 1. The Morgan fingerprint density at radius 2 is 2.12 bits per heavy atom. The molecule has 0 saturated heterocycles. The first-order valence-electron chi connectivity index (χ1n) is 8.33. The molecule has 26 heavy (non-hydrogen) atoms. The van der Waals surface area contributed by atoms with Crippen LogP contribution in [0.1, 0.15) is 25.4 Å². The van der Waals surface area contributed by atoms with E-state index in [1.807, 2.05) is 42.6 Å². The summed E-state index contributed by atoms with van der Waals surface area (Å²) >= 11 is 1.32. The van der Waals surface area contributed by atoms with Gasteiger partial charge in [0.15, 0.2) is 10.8 Å². The summed E-state index contributed by atoms with van der Waals surface area (Å²) in [6, 6.07) is 5.70. The van der Waals surface area contributed by atoms with Crippen molar-refractivity contribution in [3.05, 3.63) is 41.3 Å². The summed E-state index contributed by atoms with van der Waals surface area (Å²) in [6.45, 7) is 4.10. The van der Waals surface area contributed by atoms with Gasteiger partial charge in [-0.2, -0.15) is 0 Å². The van der Waals surface area contributed by atoms with Crippen molar-refractivity contribution in [3.63, 3.8) is 0 Å². The second kappa shape index (κ2) is 8.05. The fraction of sp³-hybridized carbons (Fsp3) is 0.353. The molecule has 2 amide bonds. The number of pyridine rings is 1. The van der Waals surface area contributed by atoms with Gasteiger partial charge in [-0.05, 0) is 12.1 Å². The number of fused-ring (bicyclic) bond motifs is 1. The van der Waals surface area contributed by atoms with Crippen LogP contribution in [-0.2, 0) is 22.4 Å². The predicted molar refractivity (Wildman–Crippen MR) is 99.0 cm³/mol. The highest BCUT2D eigenvalue weighted by Crippen LogP contribution is 2.16. The van der Waals surface area contributed by atoms with E-state index in [1.165, 1.54) is 11.3 Å². The molecule has 0 aliphatic rings. The molecule has 0 fully saturated rings. The molecule has 0 atom stereocenters. The zero-order chi connectivity index (χ0) is 18.5. The van der Waals surface area contributed by atoms with Gasteiger partial charge in [0.05, 0.1) is 12.1 Å². The third-order valence-corrected chi connectivity index (χ3v) is 4.51. The number of aromatic nitrogens is 4. The normalized spacial score (nSPS) is 11.0. The maximum Gasteiger partial charge on any atom is 0.228 e. The van der Waals surface area contributed by atoms with Gasteiger partial charge in [-0.15, -0.1) is 21.5 Å². The molecule has 9 heteroatoms. The van der Waals surface area contributed by atoms with Gasteiger partial charge in [0.2, 0.25) is 11.8 Å². The van der Waals surface area contributed by atoms with Crippen LogP contribution in [0.5, 0.6) is 0 Å². The van der Waals surface area contributed by atoms with Crippen LogP contribution in [0, 0.1) is 5.92 Å². The number of hydrogen-bond donors (Lipinski definition) is 2. The molecule has 0 saturated carbocycles. The van der Waals surface area contributed by atoms with Gasteiger partial charge >= 0.3 is 0 Å². The average molecular weight is 372 g/mol. The Hall–Kier alpha value is -2.81. The van der Waals surface area contributed by atoms with E-state index >= 15 is 0 Å². The van der Waals surface area contributed by atoms with E-state index in [-0.39, 0.29) is 24.2 Å². The molecule has 0 aliphatic carbocycles. The molecular weight excluding hydrogens is 352 g/mol. The molecule has 0 spiro atoms. The second-order valence-electron chi connectivity index (χ2n) is 6.11. The van der Waals surface area contributed by atoms with Crippen molar-refractivity contribution in [2.45, 2.75) is 26.7 Å².